The zero-order valence-electron chi connectivity index (χ0n) is 13.9. The zero-order chi connectivity index (χ0) is 15.7. The molecule has 0 saturated heterocycles. The van der Waals surface area contributed by atoms with Crippen LogP contribution in [0.5, 0.6) is 0 Å². The standard InChI is InChI=1S/C21H23N/c1-15-6-5-7-18(12-15)20-19-9-8-16(14-21(2,3)4)13-17(19)10-11-22-20/h5-13H,14H2,1-4H3. The minimum Gasteiger partial charge on any atom is -0.256 e. The van der Waals surface area contributed by atoms with E-state index < -0.39 is 0 Å². The average Bonchev–Trinajstić information content (AvgIpc) is 2.44. The van der Waals surface area contributed by atoms with Crippen molar-refractivity contribution in [3.05, 3.63) is 65.9 Å². The fourth-order valence-corrected chi connectivity index (χ4v) is 2.97. The van der Waals surface area contributed by atoms with Crippen LogP contribution in [0.2, 0.25) is 0 Å². The van der Waals surface area contributed by atoms with Gasteiger partial charge in [-0.1, -0.05) is 62.7 Å². The number of hydrogen-bond donors (Lipinski definition) is 0. The number of rotatable bonds is 2. The Kier molecular flexibility index (Phi) is 3.74. The molecule has 3 aromatic rings. The minimum absolute atomic E-state index is 0.306. The van der Waals surface area contributed by atoms with Crippen LogP contribution in [0.1, 0.15) is 31.9 Å². The maximum Gasteiger partial charge on any atom is 0.0780 e. The monoisotopic (exact) mass is 289 g/mol. The Bertz CT molecular complexity index is 809. The summed E-state index contributed by atoms with van der Waals surface area (Å²) in [6.45, 7) is 8.96. The molecular weight excluding hydrogens is 266 g/mol. The van der Waals surface area contributed by atoms with E-state index in [0.717, 1.165) is 12.1 Å². The first kappa shape index (κ1) is 14.8. The maximum atomic E-state index is 4.62. The normalized spacial score (nSPS) is 11.8. The molecule has 0 atom stereocenters. The highest BCUT2D eigenvalue weighted by Gasteiger charge is 2.12. The molecule has 0 saturated carbocycles. The van der Waals surface area contributed by atoms with Crippen LogP contribution in [0.3, 0.4) is 0 Å². The molecule has 0 unspecified atom stereocenters. The largest absolute Gasteiger partial charge is 0.256 e. The number of fused-ring (bicyclic) bond motifs is 1. The van der Waals surface area contributed by atoms with E-state index in [1.165, 1.54) is 27.5 Å². The highest BCUT2D eigenvalue weighted by atomic mass is 14.7. The first-order valence-corrected chi connectivity index (χ1v) is 7.87. The second kappa shape index (κ2) is 5.57. The fraction of sp³-hybridized carbons (Fsp3) is 0.286. The molecule has 3 rings (SSSR count). The molecule has 0 aliphatic heterocycles. The van der Waals surface area contributed by atoms with Crippen molar-refractivity contribution in [3.63, 3.8) is 0 Å². The predicted molar refractivity (Wildman–Crippen MR) is 95.1 cm³/mol. The zero-order valence-corrected chi connectivity index (χ0v) is 13.9. The van der Waals surface area contributed by atoms with Gasteiger partial charge in [-0.15, -0.1) is 0 Å². The molecule has 0 radical (unpaired) electrons. The quantitative estimate of drug-likeness (QED) is 0.581. The van der Waals surface area contributed by atoms with Crippen LogP contribution >= 0.6 is 0 Å². The van der Waals surface area contributed by atoms with Gasteiger partial charge in [-0.3, -0.25) is 4.98 Å². The number of aromatic nitrogens is 1. The molecule has 1 heterocycles. The van der Waals surface area contributed by atoms with Gasteiger partial charge >= 0.3 is 0 Å². The first-order valence-electron chi connectivity index (χ1n) is 7.87. The minimum atomic E-state index is 0.306. The van der Waals surface area contributed by atoms with Gasteiger partial charge in [0.25, 0.3) is 0 Å². The molecule has 0 amide bonds. The molecule has 112 valence electrons. The van der Waals surface area contributed by atoms with Crippen LogP contribution in [0, 0.1) is 12.3 Å². The van der Waals surface area contributed by atoms with Crippen molar-refractivity contribution in [2.24, 2.45) is 5.41 Å². The fourth-order valence-electron chi connectivity index (χ4n) is 2.97. The summed E-state index contributed by atoms with van der Waals surface area (Å²) < 4.78 is 0. The number of pyridine rings is 1. The molecule has 0 aliphatic carbocycles. The molecule has 0 spiro atoms. The van der Waals surface area contributed by atoms with Gasteiger partial charge in [-0.2, -0.15) is 0 Å². The topological polar surface area (TPSA) is 12.9 Å². The molecule has 0 fully saturated rings. The van der Waals surface area contributed by atoms with Crippen molar-refractivity contribution in [1.29, 1.82) is 0 Å². The van der Waals surface area contributed by atoms with Crippen LogP contribution in [-0.4, -0.2) is 4.98 Å². The lowest BCUT2D eigenvalue weighted by molar-refractivity contribution is 0.411. The van der Waals surface area contributed by atoms with Gasteiger partial charge in [0.2, 0.25) is 0 Å². The number of benzene rings is 2. The molecule has 1 aromatic heterocycles. The third-order valence-electron chi connectivity index (χ3n) is 3.85. The third-order valence-corrected chi connectivity index (χ3v) is 3.85. The lowest BCUT2D eigenvalue weighted by Crippen LogP contribution is -2.08. The molecule has 22 heavy (non-hydrogen) atoms. The van der Waals surface area contributed by atoms with Crippen molar-refractivity contribution < 1.29 is 0 Å². The van der Waals surface area contributed by atoms with Gasteiger partial charge in [0, 0.05) is 17.1 Å². The van der Waals surface area contributed by atoms with Crippen LogP contribution in [0.25, 0.3) is 22.0 Å². The molecule has 0 N–H and O–H groups in total. The highest BCUT2D eigenvalue weighted by molar-refractivity contribution is 5.94. The SMILES string of the molecule is Cc1cccc(-c2nccc3cc(CC(C)(C)C)ccc23)c1. The van der Waals surface area contributed by atoms with E-state index in [0.29, 0.717) is 5.41 Å². The van der Waals surface area contributed by atoms with E-state index in [2.05, 4.69) is 81.2 Å². The number of aryl methyl sites for hydroxylation is 1. The van der Waals surface area contributed by atoms with Gasteiger partial charge in [-0.05, 0) is 41.8 Å². The van der Waals surface area contributed by atoms with E-state index in [-0.39, 0.29) is 0 Å². The molecule has 0 aliphatic rings. The van der Waals surface area contributed by atoms with Gasteiger partial charge in [0.15, 0.2) is 0 Å². The van der Waals surface area contributed by atoms with E-state index >= 15 is 0 Å². The summed E-state index contributed by atoms with van der Waals surface area (Å²) in [7, 11) is 0. The molecular formula is C21H23N. The highest BCUT2D eigenvalue weighted by Crippen LogP contribution is 2.29. The Balaban J connectivity index is 2.10. The second-order valence-corrected chi connectivity index (χ2v) is 7.32. The lowest BCUT2D eigenvalue weighted by Gasteiger charge is -2.18. The summed E-state index contributed by atoms with van der Waals surface area (Å²) in [5.74, 6) is 0. The van der Waals surface area contributed by atoms with Crippen molar-refractivity contribution in [2.75, 3.05) is 0 Å². The smallest absolute Gasteiger partial charge is 0.0780 e. The molecule has 1 heteroatoms. The number of hydrogen-bond acceptors (Lipinski definition) is 1. The van der Waals surface area contributed by atoms with Gasteiger partial charge in [-0.25, -0.2) is 0 Å². The third kappa shape index (κ3) is 3.19. The van der Waals surface area contributed by atoms with Gasteiger partial charge in [0.1, 0.15) is 0 Å². The Morgan fingerprint density at radius 3 is 2.50 bits per heavy atom. The van der Waals surface area contributed by atoms with Crippen molar-refractivity contribution in [1.82, 2.24) is 4.98 Å². The van der Waals surface area contributed by atoms with Crippen LogP contribution in [0.4, 0.5) is 0 Å². The summed E-state index contributed by atoms with van der Waals surface area (Å²) in [4.78, 5) is 4.62. The summed E-state index contributed by atoms with van der Waals surface area (Å²) in [6, 6.07) is 17.4. The second-order valence-electron chi connectivity index (χ2n) is 7.32. The summed E-state index contributed by atoms with van der Waals surface area (Å²) >= 11 is 0. The van der Waals surface area contributed by atoms with Gasteiger partial charge in [0.05, 0.1) is 5.69 Å². The maximum absolute atomic E-state index is 4.62. The van der Waals surface area contributed by atoms with Crippen molar-refractivity contribution >= 4 is 10.8 Å². The van der Waals surface area contributed by atoms with Crippen molar-refractivity contribution in [2.45, 2.75) is 34.1 Å². The average molecular weight is 289 g/mol. The molecule has 1 nitrogen and oxygen atoms in total. The van der Waals surface area contributed by atoms with Crippen LogP contribution in [0.15, 0.2) is 54.7 Å². The Labute approximate surface area is 133 Å². The van der Waals surface area contributed by atoms with E-state index in [1.807, 2.05) is 6.20 Å². The Morgan fingerprint density at radius 1 is 0.955 bits per heavy atom. The predicted octanol–water partition coefficient (Wildman–Crippen LogP) is 5.80. The van der Waals surface area contributed by atoms with Gasteiger partial charge < -0.3 is 0 Å². The Hall–Kier alpha value is -2.15. The van der Waals surface area contributed by atoms with Crippen LogP contribution < -0.4 is 0 Å². The molecule has 0 bridgehead atoms. The van der Waals surface area contributed by atoms with Crippen LogP contribution in [-0.2, 0) is 6.42 Å². The first-order chi connectivity index (χ1) is 10.4. The van der Waals surface area contributed by atoms with Crippen molar-refractivity contribution in [3.8, 4) is 11.3 Å². The van der Waals surface area contributed by atoms with E-state index in [1.54, 1.807) is 0 Å². The molecule has 2 aromatic carbocycles. The lowest BCUT2D eigenvalue weighted by atomic mass is 9.87. The summed E-state index contributed by atoms with van der Waals surface area (Å²) in [6.07, 6.45) is 3.01. The van der Waals surface area contributed by atoms with E-state index in [4.69, 9.17) is 0 Å². The van der Waals surface area contributed by atoms with E-state index in [9.17, 15) is 0 Å². The number of nitrogens with zero attached hydrogens (tertiary/aromatic N) is 1. The Morgan fingerprint density at radius 2 is 1.77 bits per heavy atom. The summed E-state index contributed by atoms with van der Waals surface area (Å²) in [5.41, 5.74) is 5.22. The summed E-state index contributed by atoms with van der Waals surface area (Å²) in [5, 5.41) is 2.50.